The molecular formula is C12H15BrFNO3. The highest BCUT2D eigenvalue weighted by molar-refractivity contribution is 9.10. The summed E-state index contributed by atoms with van der Waals surface area (Å²) in [5, 5.41) is 2.99. The van der Waals surface area contributed by atoms with Gasteiger partial charge in [0.15, 0.2) is 0 Å². The molecule has 100 valence electrons. The first-order chi connectivity index (χ1) is 8.60. The Kier molecular flexibility index (Phi) is 6.24. The number of methoxy groups -OCH3 is 2. The number of halogens is 2. The highest BCUT2D eigenvalue weighted by Crippen LogP contribution is 2.22. The molecule has 0 spiro atoms. The Morgan fingerprint density at radius 2 is 2.22 bits per heavy atom. The average Bonchev–Trinajstić information content (AvgIpc) is 2.37. The molecule has 1 atom stereocenters. The summed E-state index contributed by atoms with van der Waals surface area (Å²) in [7, 11) is 2.88. The monoisotopic (exact) mass is 319 g/mol. The van der Waals surface area contributed by atoms with Crippen molar-refractivity contribution in [2.75, 3.05) is 27.4 Å². The molecule has 0 aliphatic heterocycles. The van der Waals surface area contributed by atoms with Crippen molar-refractivity contribution in [2.45, 2.75) is 6.04 Å². The van der Waals surface area contributed by atoms with E-state index in [4.69, 9.17) is 9.47 Å². The van der Waals surface area contributed by atoms with Gasteiger partial charge in [0.1, 0.15) is 11.9 Å². The van der Waals surface area contributed by atoms with Crippen molar-refractivity contribution in [2.24, 2.45) is 0 Å². The number of carbonyl (C=O) groups excluding carboxylic acids is 1. The van der Waals surface area contributed by atoms with Crippen molar-refractivity contribution in [1.29, 1.82) is 0 Å². The third-order valence-electron chi connectivity index (χ3n) is 2.37. The van der Waals surface area contributed by atoms with Crippen LogP contribution in [0.25, 0.3) is 0 Å². The predicted molar refractivity (Wildman–Crippen MR) is 68.7 cm³/mol. The molecule has 0 aliphatic carbocycles. The molecule has 0 aliphatic rings. The summed E-state index contributed by atoms with van der Waals surface area (Å²) in [4.78, 5) is 11.7. The molecule has 0 bridgehead atoms. The molecule has 0 amide bonds. The zero-order chi connectivity index (χ0) is 13.5. The largest absolute Gasteiger partial charge is 0.468 e. The van der Waals surface area contributed by atoms with E-state index in [0.29, 0.717) is 23.2 Å². The summed E-state index contributed by atoms with van der Waals surface area (Å²) >= 11 is 3.09. The fourth-order valence-corrected chi connectivity index (χ4v) is 1.85. The number of benzene rings is 1. The first-order valence-electron chi connectivity index (χ1n) is 5.35. The molecule has 4 nitrogen and oxygen atoms in total. The molecule has 1 N–H and O–H groups in total. The topological polar surface area (TPSA) is 47.6 Å². The van der Waals surface area contributed by atoms with Gasteiger partial charge in [-0.1, -0.05) is 6.07 Å². The van der Waals surface area contributed by atoms with Crippen LogP contribution in [0.3, 0.4) is 0 Å². The zero-order valence-corrected chi connectivity index (χ0v) is 11.8. The lowest BCUT2D eigenvalue weighted by atomic mass is 10.1. The first kappa shape index (κ1) is 15.1. The van der Waals surface area contributed by atoms with Gasteiger partial charge in [-0.15, -0.1) is 0 Å². The van der Waals surface area contributed by atoms with E-state index in [-0.39, 0.29) is 5.82 Å². The van der Waals surface area contributed by atoms with E-state index >= 15 is 0 Å². The molecule has 6 heteroatoms. The van der Waals surface area contributed by atoms with E-state index in [1.165, 1.54) is 13.2 Å². The summed E-state index contributed by atoms with van der Waals surface area (Å²) in [6, 6.07) is 3.76. The van der Waals surface area contributed by atoms with E-state index in [1.54, 1.807) is 19.2 Å². The molecule has 1 rings (SSSR count). The van der Waals surface area contributed by atoms with E-state index in [2.05, 4.69) is 21.2 Å². The van der Waals surface area contributed by atoms with Crippen molar-refractivity contribution in [3.8, 4) is 0 Å². The van der Waals surface area contributed by atoms with Gasteiger partial charge in [0.2, 0.25) is 0 Å². The number of carbonyl (C=O) groups is 1. The fraction of sp³-hybridized carbons (Fsp3) is 0.417. The highest BCUT2D eigenvalue weighted by atomic mass is 79.9. The van der Waals surface area contributed by atoms with E-state index in [0.717, 1.165) is 0 Å². The maximum absolute atomic E-state index is 13.1. The zero-order valence-electron chi connectivity index (χ0n) is 10.2. The summed E-state index contributed by atoms with van der Waals surface area (Å²) in [5.41, 5.74) is 0.631. The molecule has 0 aromatic heterocycles. The molecule has 18 heavy (non-hydrogen) atoms. The molecule has 0 heterocycles. The van der Waals surface area contributed by atoms with Gasteiger partial charge >= 0.3 is 5.97 Å². The molecule has 0 saturated carbocycles. The number of esters is 1. The van der Waals surface area contributed by atoms with Crippen molar-refractivity contribution >= 4 is 21.9 Å². The Morgan fingerprint density at radius 1 is 1.50 bits per heavy atom. The van der Waals surface area contributed by atoms with Crippen LogP contribution in [0.4, 0.5) is 4.39 Å². The smallest absolute Gasteiger partial charge is 0.327 e. The van der Waals surface area contributed by atoms with E-state index < -0.39 is 12.0 Å². The Morgan fingerprint density at radius 3 is 2.78 bits per heavy atom. The maximum atomic E-state index is 13.1. The summed E-state index contributed by atoms with van der Waals surface area (Å²) in [6.45, 7) is 0.959. The number of rotatable bonds is 6. The van der Waals surface area contributed by atoms with Crippen LogP contribution >= 0.6 is 15.9 Å². The fourth-order valence-electron chi connectivity index (χ4n) is 1.45. The lowest BCUT2D eigenvalue weighted by Gasteiger charge is -2.17. The van der Waals surface area contributed by atoms with Crippen LogP contribution in [0.5, 0.6) is 0 Å². The molecule has 0 radical (unpaired) electrons. The normalized spacial score (nSPS) is 12.2. The third kappa shape index (κ3) is 4.04. The van der Waals surface area contributed by atoms with E-state index in [9.17, 15) is 9.18 Å². The van der Waals surface area contributed by atoms with Crippen LogP contribution in [-0.2, 0) is 14.3 Å². The van der Waals surface area contributed by atoms with Crippen LogP contribution in [0.2, 0.25) is 0 Å². The second-order valence-corrected chi connectivity index (χ2v) is 4.43. The molecule has 0 fully saturated rings. The minimum Gasteiger partial charge on any atom is -0.468 e. The van der Waals surface area contributed by atoms with Gasteiger partial charge in [0.05, 0.1) is 18.2 Å². The van der Waals surface area contributed by atoms with Crippen LogP contribution in [0.1, 0.15) is 11.6 Å². The maximum Gasteiger partial charge on any atom is 0.327 e. The predicted octanol–water partition coefficient (Wildman–Crippen LogP) is 2.04. The lowest BCUT2D eigenvalue weighted by molar-refractivity contribution is -0.143. The second kappa shape index (κ2) is 7.45. The number of hydrogen-bond acceptors (Lipinski definition) is 4. The third-order valence-corrected chi connectivity index (χ3v) is 2.98. The Balaban J connectivity index is 2.87. The Bertz CT molecular complexity index is 414. The minimum atomic E-state index is -0.637. The molecule has 1 aromatic carbocycles. The SMILES string of the molecule is COCCNC(C(=O)OC)c1ccc(F)c(Br)c1. The number of hydrogen-bond donors (Lipinski definition) is 1. The van der Waals surface area contributed by atoms with Crippen LogP contribution in [0, 0.1) is 5.82 Å². The molecular weight excluding hydrogens is 305 g/mol. The van der Waals surface area contributed by atoms with Crippen molar-refractivity contribution in [3.05, 3.63) is 34.1 Å². The van der Waals surface area contributed by atoms with Gasteiger partial charge < -0.3 is 9.47 Å². The van der Waals surface area contributed by atoms with Gasteiger partial charge in [-0.3, -0.25) is 5.32 Å². The van der Waals surface area contributed by atoms with Crippen molar-refractivity contribution in [1.82, 2.24) is 5.32 Å². The van der Waals surface area contributed by atoms with Gasteiger partial charge in [0, 0.05) is 13.7 Å². The van der Waals surface area contributed by atoms with Gasteiger partial charge in [0.25, 0.3) is 0 Å². The summed E-state index contributed by atoms with van der Waals surface area (Å²) < 4.78 is 23.1. The summed E-state index contributed by atoms with van der Waals surface area (Å²) in [5.74, 6) is -0.802. The van der Waals surface area contributed by atoms with Crippen LogP contribution in [-0.4, -0.2) is 33.3 Å². The average molecular weight is 320 g/mol. The van der Waals surface area contributed by atoms with Gasteiger partial charge in [-0.2, -0.15) is 0 Å². The standard InChI is InChI=1S/C12H15BrFNO3/c1-17-6-5-15-11(12(16)18-2)8-3-4-10(14)9(13)7-8/h3-4,7,11,15H,5-6H2,1-2H3. The summed E-state index contributed by atoms with van der Waals surface area (Å²) in [6.07, 6.45) is 0. The van der Waals surface area contributed by atoms with E-state index in [1.807, 2.05) is 0 Å². The van der Waals surface area contributed by atoms with Gasteiger partial charge in [-0.05, 0) is 33.6 Å². The Labute approximate surface area is 114 Å². The lowest BCUT2D eigenvalue weighted by Crippen LogP contribution is -2.32. The first-order valence-corrected chi connectivity index (χ1v) is 6.14. The Hall–Kier alpha value is -0.980. The second-order valence-electron chi connectivity index (χ2n) is 3.58. The molecule has 1 unspecified atom stereocenters. The van der Waals surface area contributed by atoms with Crippen molar-refractivity contribution < 1.29 is 18.7 Å². The van der Waals surface area contributed by atoms with Crippen molar-refractivity contribution in [3.63, 3.8) is 0 Å². The minimum absolute atomic E-state index is 0.308. The molecule has 1 aromatic rings. The van der Waals surface area contributed by atoms with Crippen LogP contribution < -0.4 is 5.32 Å². The number of nitrogens with one attached hydrogen (secondary N) is 1. The van der Waals surface area contributed by atoms with Crippen LogP contribution in [0.15, 0.2) is 22.7 Å². The quantitative estimate of drug-likeness (QED) is 0.644. The van der Waals surface area contributed by atoms with Gasteiger partial charge in [-0.25, -0.2) is 9.18 Å². The number of ether oxygens (including phenoxy) is 2. The molecule has 0 saturated heterocycles. The highest BCUT2D eigenvalue weighted by Gasteiger charge is 2.21.